The Morgan fingerprint density at radius 3 is 2.88 bits per heavy atom. The van der Waals surface area contributed by atoms with Crippen molar-refractivity contribution in [3.8, 4) is 0 Å². The lowest BCUT2D eigenvalue weighted by atomic mass is 10.1. The lowest BCUT2D eigenvalue weighted by molar-refractivity contribution is -0.389. The minimum Gasteiger partial charge on any atom is -0.363 e. The van der Waals surface area contributed by atoms with E-state index in [4.69, 9.17) is 0 Å². The highest BCUT2D eigenvalue weighted by Crippen LogP contribution is 2.25. The summed E-state index contributed by atoms with van der Waals surface area (Å²) in [6.07, 6.45) is 4.10. The number of rotatable bonds is 5. The number of nitrogens with one attached hydrogen (secondary N) is 1. The van der Waals surface area contributed by atoms with Crippen LogP contribution in [0.5, 0.6) is 0 Å². The fraction of sp³-hybridized carbons (Fsp3) is 0.111. The smallest absolute Gasteiger partial charge is 0.363 e. The molecular formula is C18H15N5O2. The van der Waals surface area contributed by atoms with Gasteiger partial charge in [0, 0.05) is 24.2 Å². The summed E-state index contributed by atoms with van der Waals surface area (Å²) in [6, 6.07) is 15.3. The molecule has 3 heterocycles. The third-order valence-electron chi connectivity index (χ3n) is 4.08. The van der Waals surface area contributed by atoms with E-state index in [9.17, 15) is 10.1 Å². The minimum atomic E-state index is -0.415. The first-order valence-electron chi connectivity index (χ1n) is 7.92. The van der Waals surface area contributed by atoms with Gasteiger partial charge < -0.3 is 15.4 Å². The fourth-order valence-electron chi connectivity index (χ4n) is 2.96. The number of imidazole rings is 1. The molecule has 4 aromatic rings. The standard InChI is InChI=1S/C18H15N5O2/c24-23(25)18-17(21-15-8-1-2-12-22(15)18)20-11-9-14-6-3-5-13-7-4-10-19-16(13)14/h1-8,10,12,20H,9,11H2. The van der Waals surface area contributed by atoms with Crippen LogP contribution in [0.25, 0.3) is 16.6 Å². The summed E-state index contributed by atoms with van der Waals surface area (Å²) in [5, 5.41) is 15.6. The van der Waals surface area contributed by atoms with Gasteiger partial charge in [-0.05, 0) is 29.0 Å². The first-order chi connectivity index (χ1) is 12.2. The van der Waals surface area contributed by atoms with Crippen LogP contribution in [0.4, 0.5) is 11.6 Å². The number of anilines is 1. The number of hydrogen-bond acceptors (Lipinski definition) is 5. The highest BCUT2D eigenvalue weighted by Gasteiger charge is 2.21. The normalized spacial score (nSPS) is 11.0. The van der Waals surface area contributed by atoms with E-state index in [-0.39, 0.29) is 11.6 Å². The van der Waals surface area contributed by atoms with E-state index in [0.717, 1.165) is 16.5 Å². The topological polar surface area (TPSA) is 85.4 Å². The number of aromatic nitrogens is 3. The SMILES string of the molecule is O=[N+]([O-])c1c(NCCc2cccc3cccnc23)nc2ccccn12. The van der Waals surface area contributed by atoms with Gasteiger partial charge in [-0.15, -0.1) is 0 Å². The molecule has 0 aliphatic heterocycles. The van der Waals surface area contributed by atoms with Gasteiger partial charge in [0.2, 0.25) is 11.5 Å². The van der Waals surface area contributed by atoms with Crippen LogP contribution in [-0.2, 0) is 6.42 Å². The summed E-state index contributed by atoms with van der Waals surface area (Å²) in [6.45, 7) is 0.528. The van der Waals surface area contributed by atoms with Crippen LogP contribution in [0.15, 0.2) is 60.9 Å². The zero-order chi connectivity index (χ0) is 17.2. The van der Waals surface area contributed by atoms with E-state index in [1.807, 2.05) is 30.3 Å². The lowest BCUT2D eigenvalue weighted by Crippen LogP contribution is -2.07. The molecule has 1 aromatic carbocycles. The van der Waals surface area contributed by atoms with Crippen LogP contribution in [0.2, 0.25) is 0 Å². The molecule has 0 aliphatic carbocycles. The van der Waals surface area contributed by atoms with Gasteiger partial charge in [-0.2, -0.15) is 9.38 Å². The van der Waals surface area contributed by atoms with Crippen molar-refractivity contribution < 1.29 is 4.92 Å². The van der Waals surface area contributed by atoms with Crippen LogP contribution in [-0.4, -0.2) is 25.8 Å². The Balaban J connectivity index is 1.58. The Hall–Kier alpha value is -3.48. The fourth-order valence-corrected chi connectivity index (χ4v) is 2.96. The van der Waals surface area contributed by atoms with Crippen molar-refractivity contribution in [3.63, 3.8) is 0 Å². The van der Waals surface area contributed by atoms with E-state index in [1.165, 1.54) is 4.40 Å². The van der Waals surface area contributed by atoms with E-state index >= 15 is 0 Å². The van der Waals surface area contributed by atoms with Gasteiger partial charge in [0.05, 0.1) is 11.7 Å². The highest BCUT2D eigenvalue weighted by molar-refractivity contribution is 5.81. The summed E-state index contributed by atoms with van der Waals surface area (Å²) < 4.78 is 1.47. The second-order valence-corrected chi connectivity index (χ2v) is 5.64. The monoisotopic (exact) mass is 333 g/mol. The van der Waals surface area contributed by atoms with Crippen molar-refractivity contribution in [1.29, 1.82) is 0 Å². The molecule has 4 rings (SSSR count). The van der Waals surface area contributed by atoms with Gasteiger partial charge in [0.1, 0.15) is 0 Å². The van der Waals surface area contributed by atoms with Gasteiger partial charge in [-0.3, -0.25) is 4.98 Å². The third-order valence-corrected chi connectivity index (χ3v) is 4.08. The number of para-hydroxylation sites is 1. The van der Waals surface area contributed by atoms with Gasteiger partial charge in [-0.1, -0.05) is 30.3 Å². The third kappa shape index (κ3) is 2.76. The number of pyridine rings is 2. The van der Waals surface area contributed by atoms with Gasteiger partial charge in [0.15, 0.2) is 0 Å². The number of fused-ring (bicyclic) bond motifs is 2. The molecule has 0 atom stereocenters. The molecule has 124 valence electrons. The molecule has 1 N–H and O–H groups in total. The van der Waals surface area contributed by atoms with Gasteiger partial charge in [0.25, 0.3) is 0 Å². The van der Waals surface area contributed by atoms with Crippen LogP contribution < -0.4 is 5.32 Å². The lowest BCUT2D eigenvalue weighted by Gasteiger charge is -2.06. The zero-order valence-corrected chi connectivity index (χ0v) is 13.3. The molecule has 0 radical (unpaired) electrons. The molecule has 0 saturated heterocycles. The van der Waals surface area contributed by atoms with Crippen molar-refractivity contribution in [2.45, 2.75) is 6.42 Å². The predicted molar refractivity (Wildman–Crippen MR) is 95.8 cm³/mol. The van der Waals surface area contributed by atoms with Crippen molar-refractivity contribution in [1.82, 2.24) is 14.4 Å². The molecule has 0 fully saturated rings. The summed E-state index contributed by atoms with van der Waals surface area (Å²) in [4.78, 5) is 19.7. The van der Waals surface area contributed by atoms with Crippen LogP contribution in [0, 0.1) is 10.1 Å². The highest BCUT2D eigenvalue weighted by atomic mass is 16.6. The van der Waals surface area contributed by atoms with E-state index < -0.39 is 4.92 Å². The van der Waals surface area contributed by atoms with Crippen molar-refractivity contribution in [2.75, 3.05) is 11.9 Å². The molecule has 3 aromatic heterocycles. The molecule has 0 bridgehead atoms. The maximum Gasteiger partial charge on any atom is 0.372 e. The Labute approximate surface area is 143 Å². The molecule has 0 aliphatic rings. The Bertz CT molecular complexity index is 1070. The molecule has 0 unspecified atom stereocenters. The van der Waals surface area contributed by atoms with Crippen LogP contribution in [0.1, 0.15) is 5.56 Å². The average molecular weight is 333 g/mol. The first kappa shape index (κ1) is 15.1. The van der Waals surface area contributed by atoms with Gasteiger partial charge in [-0.25, -0.2) is 0 Å². The Morgan fingerprint density at radius 2 is 2.00 bits per heavy atom. The molecule has 0 spiro atoms. The van der Waals surface area contributed by atoms with Crippen molar-refractivity contribution >= 4 is 28.2 Å². The number of nitro groups is 1. The average Bonchev–Trinajstić information content (AvgIpc) is 3.00. The molecular weight excluding hydrogens is 318 g/mol. The van der Waals surface area contributed by atoms with E-state index in [2.05, 4.69) is 15.3 Å². The molecule has 0 saturated carbocycles. The number of benzene rings is 1. The largest absolute Gasteiger partial charge is 0.372 e. The van der Waals surface area contributed by atoms with E-state index in [1.54, 1.807) is 30.6 Å². The molecule has 7 nitrogen and oxygen atoms in total. The molecule has 0 amide bonds. The zero-order valence-electron chi connectivity index (χ0n) is 13.3. The maximum absolute atomic E-state index is 11.4. The van der Waals surface area contributed by atoms with E-state index in [0.29, 0.717) is 18.6 Å². The maximum atomic E-state index is 11.4. The van der Waals surface area contributed by atoms with Gasteiger partial charge >= 0.3 is 5.82 Å². The predicted octanol–water partition coefficient (Wildman–Crippen LogP) is 3.45. The Kier molecular flexibility index (Phi) is 3.74. The summed E-state index contributed by atoms with van der Waals surface area (Å²) in [7, 11) is 0. The first-order valence-corrected chi connectivity index (χ1v) is 7.92. The minimum absolute atomic E-state index is 0.0494. The molecule has 7 heteroatoms. The number of nitrogens with zero attached hydrogens (tertiary/aromatic N) is 4. The summed E-state index contributed by atoms with van der Waals surface area (Å²) >= 11 is 0. The second-order valence-electron chi connectivity index (χ2n) is 5.64. The Morgan fingerprint density at radius 1 is 1.12 bits per heavy atom. The molecule has 25 heavy (non-hydrogen) atoms. The van der Waals surface area contributed by atoms with Crippen molar-refractivity contribution in [2.24, 2.45) is 0 Å². The summed E-state index contributed by atoms with van der Waals surface area (Å²) in [5.41, 5.74) is 2.59. The quantitative estimate of drug-likeness (QED) is 0.446. The second kappa shape index (κ2) is 6.20. The van der Waals surface area contributed by atoms with Crippen molar-refractivity contribution in [3.05, 3.63) is 76.6 Å². The number of hydrogen-bond donors (Lipinski definition) is 1. The van der Waals surface area contributed by atoms with Crippen LogP contribution in [0.3, 0.4) is 0 Å². The summed E-state index contributed by atoms with van der Waals surface area (Å²) in [5.74, 6) is 0.232. The van der Waals surface area contributed by atoms with Crippen LogP contribution >= 0.6 is 0 Å².